The maximum absolute atomic E-state index is 9.99. The minimum Gasteiger partial charge on any atom is -0.390 e. The predicted molar refractivity (Wildman–Crippen MR) is 56.5 cm³/mol. The first-order valence-corrected chi connectivity index (χ1v) is 4.96. The lowest BCUT2D eigenvalue weighted by atomic mass is 9.69. The molecule has 74 valence electrons. The molecular weight excluding hydrogens is 160 g/mol. The zero-order chi connectivity index (χ0) is 10.1. The molecule has 0 saturated carbocycles. The average molecular weight is 180 g/mol. The van der Waals surface area contributed by atoms with Gasteiger partial charge in [0.05, 0.1) is 5.60 Å². The molecule has 0 saturated heterocycles. The van der Waals surface area contributed by atoms with Gasteiger partial charge < -0.3 is 5.11 Å². The van der Waals surface area contributed by atoms with Crippen LogP contribution in [0.2, 0.25) is 0 Å². The Kier molecular flexibility index (Phi) is 2.67. The van der Waals surface area contributed by atoms with Gasteiger partial charge in [-0.05, 0) is 33.6 Å². The lowest BCUT2D eigenvalue weighted by Gasteiger charge is -2.40. The third kappa shape index (κ3) is 2.02. The molecule has 0 spiro atoms. The minimum absolute atomic E-state index is 0.0699. The quantitative estimate of drug-likeness (QED) is 0.657. The lowest BCUT2D eigenvalue weighted by molar-refractivity contribution is -0.0229. The fourth-order valence-corrected chi connectivity index (χ4v) is 1.61. The zero-order valence-corrected chi connectivity index (χ0v) is 9.09. The molecular formula is C12H20O. The van der Waals surface area contributed by atoms with Gasteiger partial charge in [-0.15, -0.1) is 0 Å². The maximum atomic E-state index is 9.99. The Balaban J connectivity index is 2.88. The van der Waals surface area contributed by atoms with E-state index in [4.69, 9.17) is 0 Å². The van der Waals surface area contributed by atoms with E-state index < -0.39 is 5.60 Å². The number of aliphatic hydroxyl groups is 1. The third-order valence-corrected chi connectivity index (χ3v) is 3.37. The third-order valence-electron chi connectivity index (χ3n) is 3.37. The smallest absolute Gasteiger partial charge is 0.0679 e. The Morgan fingerprint density at radius 2 is 2.15 bits per heavy atom. The van der Waals surface area contributed by atoms with Crippen molar-refractivity contribution in [3.8, 4) is 0 Å². The van der Waals surface area contributed by atoms with Crippen LogP contribution in [0.3, 0.4) is 0 Å². The largest absolute Gasteiger partial charge is 0.390 e. The van der Waals surface area contributed by atoms with Crippen molar-refractivity contribution in [3.63, 3.8) is 0 Å². The van der Waals surface area contributed by atoms with E-state index in [0.717, 1.165) is 12.8 Å². The van der Waals surface area contributed by atoms with Gasteiger partial charge in [-0.1, -0.05) is 30.7 Å². The standard InChI is InChI=1S/C12H20O/c1-5-10-6-8-12(4,9-7-10)11(2,3)13/h5-6,8,13H,7,9H2,1-4H3. The summed E-state index contributed by atoms with van der Waals surface area (Å²) in [4.78, 5) is 0. The molecule has 13 heavy (non-hydrogen) atoms. The molecule has 1 aliphatic carbocycles. The van der Waals surface area contributed by atoms with Gasteiger partial charge in [0.1, 0.15) is 0 Å². The second kappa shape index (κ2) is 3.30. The Morgan fingerprint density at radius 1 is 1.54 bits per heavy atom. The summed E-state index contributed by atoms with van der Waals surface area (Å²) in [7, 11) is 0. The van der Waals surface area contributed by atoms with Crippen LogP contribution in [0.1, 0.15) is 40.5 Å². The normalized spacial score (nSPS) is 32.5. The van der Waals surface area contributed by atoms with Crippen LogP contribution >= 0.6 is 0 Å². The van der Waals surface area contributed by atoms with E-state index in [-0.39, 0.29) is 5.41 Å². The molecule has 0 aromatic heterocycles. The molecule has 1 atom stereocenters. The van der Waals surface area contributed by atoms with E-state index in [9.17, 15) is 5.11 Å². The van der Waals surface area contributed by atoms with Crippen molar-refractivity contribution in [1.82, 2.24) is 0 Å². The molecule has 1 aliphatic rings. The van der Waals surface area contributed by atoms with Crippen LogP contribution in [0.25, 0.3) is 0 Å². The van der Waals surface area contributed by atoms with Crippen molar-refractivity contribution < 1.29 is 5.11 Å². The molecule has 1 rings (SSSR count). The molecule has 1 N–H and O–H groups in total. The number of rotatable bonds is 1. The van der Waals surface area contributed by atoms with Crippen LogP contribution in [0.15, 0.2) is 23.8 Å². The highest BCUT2D eigenvalue weighted by atomic mass is 16.3. The molecule has 1 heteroatoms. The molecule has 0 bridgehead atoms. The Bertz CT molecular complexity index is 242. The van der Waals surface area contributed by atoms with E-state index in [2.05, 4.69) is 32.1 Å². The number of allylic oxidation sites excluding steroid dienone is 3. The summed E-state index contributed by atoms with van der Waals surface area (Å²) < 4.78 is 0. The number of hydrogen-bond acceptors (Lipinski definition) is 1. The van der Waals surface area contributed by atoms with Crippen LogP contribution in [0.5, 0.6) is 0 Å². The van der Waals surface area contributed by atoms with Crippen molar-refractivity contribution in [1.29, 1.82) is 0 Å². The van der Waals surface area contributed by atoms with Crippen LogP contribution in [-0.2, 0) is 0 Å². The minimum atomic E-state index is -0.622. The predicted octanol–water partition coefficient (Wildman–Crippen LogP) is 3.06. The van der Waals surface area contributed by atoms with Crippen molar-refractivity contribution >= 4 is 0 Å². The summed E-state index contributed by atoms with van der Waals surface area (Å²) in [5.74, 6) is 0. The second-order valence-electron chi connectivity index (χ2n) is 4.67. The Labute approximate surface area is 81.2 Å². The second-order valence-corrected chi connectivity index (χ2v) is 4.67. The van der Waals surface area contributed by atoms with E-state index in [1.54, 1.807) is 0 Å². The first kappa shape index (κ1) is 10.5. The summed E-state index contributed by atoms with van der Waals surface area (Å²) >= 11 is 0. The summed E-state index contributed by atoms with van der Waals surface area (Å²) in [6, 6.07) is 0. The van der Waals surface area contributed by atoms with Crippen LogP contribution in [-0.4, -0.2) is 10.7 Å². The van der Waals surface area contributed by atoms with Gasteiger partial charge in [-0.3, -0.25) is 0 Å². The molecule has 0 heterocycles. The summed E-state index contributed by atoms with van der Waals surface area (Å²) in [5, 5.41) is 9.99. The number of hydrogen-bond donors (Lipinski definition) is 1. The molecule has 0 fully saturated rings. The highest BCUT2D eigenvalue weighted by Gasteiger charge is 2.38. The molecule has 0 radical (unpaired) electrons. The maximum Gasteiger partial charge on any atom is 0.0679 e. The average Bonchev–Trinajstić information content (AvgIpc) is 2.04. The highest BCUT2D eigenvalue weighted by Crippen LogP contribution is 2.41. The van der Waals surface area contributed by atoms with Gasteiger partial charge >= 0.3 is 0 Å². The monoisotopic (exact) mass is 180 g/mol. The van der Waals surface area contributed by atoms with Gasteiger partial charge in [-0.2, -0.15) is 0 Å². The zero-order valence-electron chi connectivity index (χ0n) is 9.09. The molecule has 0 aliphatic heterocycles. The van der Waals surface area contributed by atoms with Crippen LogP contribution in [0.4, 0.5) is 0 Å². The van der Waals surface area contributed by atoms with E-state index in [1.807, 2.05) is 13.8 Å². The fourth-order valence-electron chi connectivity index (χ4n) is 1.61. The SMILES string of the molecule is CC=C1C=CC(C)(C(C)(C)O)CC1. The summed E-state index contributed by atoms with van der Waals surface area (Å²) in [6.07, 6.45) is 8.54. The Morgan fingerprint density at radius 3 is 2.46 bits per heavy atom. The van der Waals surface area contributed by atoms with Crippen molar-refractivity contribution in [2.75, 3.05) is 0 Å². The van der Waals surface area contributed by atoms with Crippen molar-refractivity contribution in [2.45, 2.75) is 46.1 Å². The highest BCUT2D eigenvalue weighted by molar-refractivity contribution is 5.26. The fraction of sp³-hybridized carbons (Fsp3) is 0.667. The first-order valence-electron chi connectivity index (χ1n) is 4.96. The van der Waals surface area contributed by atoms with Crippen LogP contribution < -0.4 is 0 Å². The van der Waals surface area contributed by atoms with Crippen molar-refractivity contribution in [3.05, 3.63) is 23.8 Å². The molecule has 0 amide bonds. The summed E-state index contributed by atoms with van der Waals surface area (Å²) in [6.45, 7) is 7.96. The first-order chi connectivity index (χ1) is 5.89. The lowest BCUT2D eigenvalue weighted by Crippen LogP contribution is -2.40. The summed E-state index contributed by atoms with van der Waals surface area (Å²) in [5.41, 5.74) is 0.684. The van der Waals surface area contributed by atoms with Gasteiger partial charge in [0, 0.05) is 5.41 Å². The molecule has 1 unspecified atom stereocenters. The van der Waals surface area contributed by atoms with E-state index in [1.165, 1.54) is 5.57 Å². The molecule has 0 aromatic rings. The topological polar surface area (TPSA) is 20.2 Å². The van der Waals surface area contributed by atoms with Gasteiger partial charge in [0.15, 0.2) is 0 Å². The van der Waals surface area contributed by atoms with Gasteiger partial charge in [0.2, 0.25) is 0 Å². The molecule has 0 aromatic carbocycles. The Hall–Kier alpha value is -0.560. The van der Waals surface area contributed by atoms with E-state index >= 15 is 0 Å². The van der Waals surface area contributed by atoms with Crippen LogP contribution in [0, 0.1) is 5.41 Å². The molecule has 1 nitrogen and oxygen atoms in total. The van der Waals surface area contributed by atoms with Gasteiger partial charge in [0.25, 0.3) is 0 Å². The van der Waals surface area contributed by atoms with E-state index in [0.29, 0.717) is 0 Å². The van der Waals surface area contributed by atoms with Gasteiger partial charge in [-0.25, -0.2) is 0 Å². The van der Waals surface area contributed by atoms with Crippen molar-refractivity contribution in [2.24, 2.45) is 5.41 Å².